The minimum atomic E-state index is -3.93. The molecule has 0 aliphatic heterocycles. The molecule has 0 unspecified atom stereocenters. The smallest absolute Gasteiger partial charge is 0.267 e. The van der Waals surface area contributed by atoms with E-state index < -0.39 is 15.9 Å². The quantitative estimate of drug-likeness (QED) is 0.573. The third-order valence-corrected chi connectivity index (χ3v) is 2.41. The lowest BCUT2D eigenvalue weighted by Crippen LogP contribution is -2.14. The lowest BCUT2D eigenvalue weighted by molar-refractivity contribution is 0.110. The van der Waals surface area contributed by atoms with E-state index in [1.54, 1.807) is 0 Å². The van der Waals surface area contributed by atoms with Crippen molar-refractivity contribution in [2.75, 3.05) is 25.6 Å². The minimum absolute atomic E-state index is 0.0308. The third-order valence-electron chi connectivity index (χ3n) is 1.73. The Morgan fingerprint density at radius 2 is 1.75 bits per heavy atom. The fourth-order valence-corrected chi connectivity index (χ4v) is 1.33. The molecule has 0 aromatic heterocycles. The SMILES string of the molecule is O=S(=O)(O)CCOCCOc1ccccc1. The number of ether oxygens (including phenoxy) is 2. The van der Waals surface area contributed by atoms with E-state index >= 15 is 0 Å². The zero-order valence-electron chi connectivity index (χ0n) is 8.70. The molecule has 0 atom stereocenters. The highest BCUT2D eigenvalue weighted by atomic mass is 32.2. The maximum atomic E-state index is 10.3. The van der Waals surface area contributed by atoms with Gasteiger partial charge in [0.2, 0.25) is 0 Å². The minimum Gasteiger partial charge on any atom is -0.491 e. The molecular weight excluding hydrogens is 232 g/mol. The van der Waals surface area contributed by atoms with Crippen LogP contribution in [-0.4, -0.2) is 38.5 Å². The maximum absolute atomic E-state index is 10.3. The Hall–Kier alpha value is -1.11. The summed E-state index contributed by atoms with van der Waals surface area (Å²) in [6.07, 6.45) is 0. The summed E-state index contributed by atoms with van der Waals surface area (Å²) >= 11 is 0. The summed E-state index contributed by atoms with van der Waals surface area (Å²) in [7, 11) is -3.93. The largest absolute Gasteiger partial charge is 0.491 e. The second kappa shape index (κ2) is 6.47. The Labute approximate surface area is 94.7 Å². The van der Waals surface area contributed by atoms with E-state index in [1.165, 1.54) is 0 Å². The van der Waals surface area contributed by atoms with Crippen LogP contribution in [0.5, 0.6) is 5.75 Å². The van der Waals surface area contributed by atoms with Gasteiger partial charge in [0.05, 0.1) is 19.0 Å². The van der Waals surface area contributed by atoms with Crippen LogP contribution in [-0.2, 0) is 14.9 Å². The lowest BCUT2D eigenvalue weighted by Gasteiger charge is -2.06. The molecule has 5 nitrogen and oxygen atoms in total. The van der Waals surface area contributed by atoms with Gasteiger partial charge in [-0.05, 0) is 12.1 Å². The van der Waals surface area contributed by atoms with E-state index in [4.69, 9.17) is 14.0 Å². The van der Waals surface area contributed by atoms with Crippen molar-refractivity contribution in [2.24, 2.45) is 0 Å². The second-order valence-corrected chi connectivity index (χ2v) is 4.63. The van der Waals surface area contributed by atoms with Gasteiger partial charge in [-0.15, -0.1) is 0 Å². The van der Waals surface area contributed by atoms with Gasteiger partial charge in [0.1, 0.15) is 12.4 Å². The monoisotopic (exact) mass is 246 g/mol. The molecule has 0 aliphatic carbocycles. The molecule has 0 radical (unpaired) electrons. The second-order valence-electron chi connectivity index (χ2n) is 3.06. The highest BCUT2D eigenvalue weighted by molar-refractivity contribution is 7.85. The fraction of sp³-hybridized carbons (Fsp3) is 0.400. The number of para-hydroxylation sites is 1. The van der Waals surface area contributed by atoms with Gasteiger partial charge in [-0.3, -0.25) is 4.55 Å². The van der Waals surface area contributed by atoms with Crippen molar-refractivity contribution in [2.45, 2.75) is 0 Å². The van der Waals surface area contributed by atoms with Gasteiger partial charge in [-0.2, -0.15) is 8.42 Å². The van der Waals surface area contributed by atoms with Crippen LogP contribution in [0.1, 0.15) is 0 Å². The fourth-order valence-electron chi connectivity index (χ4n) is 1.00. The van der Waals surface area contributed by atoms with Gasteiger partial charge < -0.3 is 9.47 Å². The van der Waals surface area contributed by atoms with E-state index in [9.17, 15) is 8.42 Å². The van der Waals surface area contributed by atoms with Gasteiger partial charge in [0.25, 0.3) is 10.1 Å². The van der Waals surface area contributed by atoms with Crippen LogP contribution in [0.15, 0.2) is 30.3 Å². The van der Waals surface area contributed by atoms with Gasteiger partial charge in [-0.1, -0.05) is 18.2 Å². The van der Waals surface area contributed by atoms with Crippen molar-refractivity contribution >= 4 is 10.1 Å². The van der Waals surface area contributed by atoms with Crippen LogP contribution in [0.3, 0.4) is 0 Å². The third kappa shape index (κ3) is 6.39. The Balaban J connectivity index is 2.05. The van der Waals surface area contributed by atoms with E-state index in [0.29, 0.717) is 6.61 Å². The summed E-state index contributed by atoms with van der Waals surface area (Å²) in [5, 5.41) is 0. The van der Waals surface area contributed by atoms with Crippen LogP contribution < -0.4 is 4.74 Å². The number of rotatable bonds is 7. The van der Waals surface area contributed by atoms with E-state index in [1.807, 2.05) is 30.3 Å². The van der Waals surface area contributed by atoms with Crippen molar-refractivity contribution < 1.29 is 22.4 Å². The first kappa shape index (κ1) is 13.0. The van der Waals surface area contributed by atoms with Gasteiger partial charge in [0, 0.05) is 0 Å². The normalized spacial score (nSPS) is 11.3. The Morgan fingerprint density at radius 3 is 2.38 bits per heavy atom. The van der Waals surface area contributed by atoms with E-state index in [2.05, 4.69) is 0 Å². The zero-order valence-corrected chi connectivity index (χ0v) is 9.52. The van der Waals surface area contributed by atoms with E-state index in [-0.39, 0.29) is 13.2 Å². The molecular formula is C10H14O5S. The molecule has 1 aromatic rings. The molecule has 1 N–H and O–H groups in total. The Bertz CT molecular complexity index is 387. The first-order chi connectivity index (χ1) is 7.58. The Kier molecular flexibility index (Phi) is 5.24. The lowest BCUT2D eigenvalue weighted by atomic mass is 10.3. The molecule has 16 heavy (non-hydrogen) atoms. The molecule has 0 amide bonds. The molecule has 6 heteroatoms. The summed E-state index contributed by atoms with van der Waals surface area (Å²) in [5.41, 5.74) is 0. The molecule has 90 valence electrons. The predicted octanol–water partition coefficient (Wildman–Crippen LogP) is 0.970. The average Bonchev–Trinajstić information content (AvgIpc) is 2.23. The summed E-state index contributed by atoms with van der Waals surface area (Å²) in [4.78, 5) is 0. The average molecular weight is 246 g/mol. The molecule has 1 aromatic carbocycles. The summed E-state index contributed by atoms with van der Waals surface area (Å²) in [6.45, 7) is 0.594. The van der Waals surface area contributed by atoms with Crippen molar-refractivity contribution in [3.63, 3.8) is 0 Å². The molecule has 0 saturated carbocycles. The summed E-state index contributed by atoms with van der Waals surface area (Å²) in [5.74, 6) is 0.346. The number of hydrogen-bond donors (Lipinski definition) is 1. The molecule has 0 fully saturated rings. The van der Waals surface area contributed by atoms with Crippen LogP contribution in [0.25, 0.3) is 0 Å². The highest BCUT2D eigenvalue weighted by Crippen LogP contribution is 2.07. The maximum Gasteiger partial charge on any atom is 0.267 e. The van der Waals surface area contributed by atoms with Crippen LogP contribution in [0.2, 0.25) is 0 Å². The van der Waals surface area contributed by atoms with Crippen molar-refractivity contribution in [1.82, 2.24) is 0 Å². The molecule has 0 spiro atoms. The zero-order chi connectivity index (χ0) is 11.9. The molecule has 0 bridgehead atoms. The predicted molar refractivity (Wildman–Crippen MR) is 59.2 cm³/mol. The highest BCUT2D eigenvalue weighted by Gasteiger charge is 2.03. The number of benzene rings is 1. The van der Waals surface area contributed by atoms with E-state index in [0.717, 1.165) is 5.75 Å². The van der Waals surface area contributed by atoms with Gasteiger partial charge >= 0.3 is 0 Å². The van der Waals surface area contributed by atoms with Crippen molar-refractivity contribution in [3.05, 3.63) is 30.3 Å². The topological polar surface area (TPSA) is 72.8 Å². The van der Waals surface area contributed by atoms with Gasteiger partial charge in [0.15, 0.2) is 0 Å². The van der Waals surface area contributed by atoms with Crippen LogP contribution in [0, 0.1) is 0 Å². The van der Waals surface area contributed by atoms with Crippen molar-refractivity contribution in [3.8, 4) is 5.75 Å². The number of hydrogen-bond acceptors (Lipinski definition) is 4. The van der Waals surface area contributed by atoms with Crippen LogP contribution in [0.4, 0.5) is 0 Å². The Morgan fingerprint density at radius 1 is 1.06 bits per heavy atom. The van der Waals surface area contributed by atoms with Crippen LogP contribution >= 0.6 is 0 Å². The summed E-state index contributed by atoms with van der Waals surface area (Å²) in [6, 6.07) is 9.23. The molecule has 1 rings (SSSR count). The standard InChI is InChI=1S/C10H14O5S/c11-16(12,13)9-8-14-6-7-15-10-4-2-1-3-5-10/h1-5H,6-9H2,(H,11,12,13). The first-order valence-corrected chi connectivity index (χ1v) is 6.39. The van der Waals surface area contributed by atoms with Crippen molar-refractivity contribution in [1.29, 1.82) is 0 Å². The molecule has 0 aliphatic rings. The van der Waals surface area contributed by atoms with Gasteiger partial charge in [-0.25, -0.2) is 0 Å². The summed E-state index contributed by atoms with van der Waals surface area (Å²) < 4.78 is 39.3. The first-order valence-electron chi connectivity index (χ1n) is 4.79. The molecule has 0 saturated heterocycles. The molecule has 0 heterocycles.